The summed E-state index contributed by atoms with van der Waals surface area (Å²) in [5, 5.41) is 8.76. The number of unbranched alkanes of at least 4 members (excludes halogenated alkanes) is 23. The summed E-state index contributed by atoms with van der Waals surface area (Å²) in [7, 11) is 0. The van der Waals surface area contributed by atoms with Gasteiger partial charge in [0.25, 0.3) is 0 Å². The van der Waals surface area contributed by atoms with Crippen LogP contribution in [0.25, 0.3) is 0 Å². The molecule has 0 rings (SSSR count). The van der Waals surface area contributed by atoms with Gasteiger partial charge >= 0.3 is 5.97 Å². The normalized spacial score (nSPS) is 11.8. The lowest BCUT2D eigenvalue weighted by Crippen LogP contribution is -2.06. The smallest absolute Gasteiger partial charge is 0.333 e. The Morgan fingerprint density at radius 1 is 0.529 bits per heavy atom. The first kappa shape index (κ1) is 33.2. The minimum absolute atomic E-state index is 0.165. The van der Waals surface area contributed by atoms with Crippen LogP contribution in [-0.2, 0) is 9.53 Å². The summed E-state index contributed by atoms with van der Waals surface area (Å²) in [6.07, 6.45) is 34.2. The van der Waals surface area contributed by atoms with Gasteiger partial charge in [-0.25, -0.2) is 4.79 Å². The van der Waals surface area contributed by atoms with Crippen molar-refractivity contribution >= 4 is 5.97 Å². The number of ether oxygens (including phenoxy) is 1. The number of esters is 1. The van der Waals surface area contributed by atoms with Crippen molar-refractivity contribution in [2.24, 2.45) is 0 Å². The number of aliphatic hydroxyl groups excluding tert-OH is 1. The molecule has 0 unspecified atom stereocenters. The van der Waals surface area contributed by atoms with Gasteiger partial charge in [0.05, 0.1) is 6.61 Å². The summed E-state index contributed by atoms with van der Waals surface area (Å²) < 4.78 is 5.23. The third-order valence-corrected chi connectivity index (χ3v) is 7.04. The van der Waals surface area contributed by atoms with Gasteiger partial charge in [0, 0.05) is 12.2 Å². The predicted molar refractivity (Wildman–Crippen MR) is 148 cm³/mol. The third-order valence-electron chi connectivity index (χ3n) is 7.04. The van der Waals surface area contributed by atoms with Crippen molar-refractivity contribution in [1.29, 1.82) is 0 Å². The molecule has 0 aliphatic carbocycles. The van der Waals surface area contributed by atoms with E-state index in [0.717, 1.165) is 12.8 Å². The maximum Gasteiger partial charge on any atom is 0.333 e. The number of hydrogen-bond acceptors (Lipinski definition) is 3. The van der Waals surface area contributed by atoms with E-state index in [1.807, 2.05) is 6.92 Å². The molecule has 0 spiro atoms. The fraction of sp³-hybridized carbons (Fsp3) is 0.903. The lowest BCUT2D eigenvalue weighted by molar-refractivity contribution is -0.139. The number of carbonyl (C=O) groups excluding carboxylic acids is 1. The number of rotatable bonds is 27. The topological polar surface area (TPSA) is 46.5 Å². The molecule has 3 heteroatoms. The predicted octanol–water partition coefficient (Wildman–Crippen LogP) is 9.85. The summed E-state index contributed by atoms with van der Waals surface area (Å²) in [6.45, 7) is 4.60. The highest BCUT2D eigenvalue weighted by Gasteiger charge is 2.03. The SMILES string of the molecule is CC=C(C)C(=O)OCCCCCCCCCCCCCCCCCCCCCCCCCCO. The van der Waals surface area contributed by atoms with Gasteiger partial charge in [0.2, 0.25) is 0 Å². The molecule has 34 heavy (non-hydrogen) atoms. The Bertz CT molecular complexity index is 444. The number of allylic oxidation sites excluding steroid dienone is 1. The number of aliphatic hydroxyl groups is 1. The van der Waals surface area contributed by atoms with Crippen LogP contribution in [0.15, 0.2) is 11.6 Å². The highest BCUT2D eigenvalue weighted by molar-refractivity contribution is 5.87. The van der Waals surface area contributed by atoms with Gasteiger partial charge in [-0.1, -0.05) is 147 Å². The minimum Gasteiger partial charge on any atom is -0.462 e. The molecule has 0 aliphatic rings. The Morgan fingerprint density at radius 2 is 0.794 bits per heavy atom. The molecule has 0 radical (unpaired) electrons. The third kappa shape index (κ3) is 25.8. The van der Waals surface area contributed by atoms with Gasteiger partial charge in [-0.05, 0) is 26.7 Å². The van der Waals surface area contributed by atoms with Crippen LogP contribution >= 0.6 is 0 Å². The van der Waals surface area contributed by atoms with Crippen molar-refractivity contribution in [1.82, 2.24) is 0 Å². The van der Waals surface area contributed by atoms with Crippen molar-refractivity contribution in [3.05, 3.63) is 11.6 Å². The molecule has 0 bridgehead atoms. The molecule has 1 N–H and O–H groups in total. The van der Waals surface area contributed by atoms with Crippen molar-refractivity contribution in [3.8, 4) is 0 Å². The maximum absolute atomic E-state index is 11.5. The molecule has 0 fully saturated rings. The van der Waals surface area contributed by atoms with E-state index >= 15 is 0 Å². The Morgan fingerprint density at radius 3 is 1.06 bits per heavy atom. The van der Waals surface area contributed by atoms with Crippen LogP contribution in [0.5, 0.6) is 0 Å². The Labute approximate surface area is 213 Å². The van der Waals surface area contributed by atoms with E-state index in [9.17, 15) is 4.79 Å². The van der Waals surface area contributed by atoms with E-state index in [1.165, 1.54) is 141 Å². The second-order valence-electron chi connectivity index (χ2n) is 10.3. The Balaban J connectivity index is 3.08. The molecule has 0 aromatic heterocycles. The largest absolute Gasteiger partial charge is 0.462 e. The fourth-order valence-corrected chi connectivity index (χ4v) is 4.50. The van der Waals surface area contributed by atoms with Crippen LogP contribution in [0.2, 0.25) is 0 Å². The molecule has 0 saturated carbocycles. The lowest BCUT2D eigenvalue weighted by Gasteiger charge is -2.05. The average molecular weight is 481 g/mol. The number of hydrogen-bond donors (Lipinski definition) is 1. The Kier molecular flexibility index (Phi) is 27.7. The van der Waals surface area contributed by atoms with Crippen molar-refractivity contribution in [2.45, 2.75) is 168 Å². The first-order valence-electron chi connectivity index (χ1n) is 15.1. The van der Waals surface area contributed by atoms with Crippen LogP contribution in [0, 0.1) is 0 Å². The van der Waals surface area contributed by atoms with E-state index in [1.54, 1.807) is 13.0 Å². The van der Waals surface area contributed by atoms with Crippen LogP contribution in [0.1, 0.15) is 168 Å². The van der Waals surface area contributed by atoms with E-state index in [-0.39, 0.29) is 5.97 Å². The van der Waals surface area contributed by atoms with Gasteiger partial charge in [0.1, 0.15) is 0 Å². The van der Waals surface area contributed by atoms with Crippen LogP contribution < -0.4 is 0 Å². The zero-order chi connectivity index (χ0) is 25.0. The van der Waals surface area contributed by atoms with Crippen LogP contribution in [0.4, 0.5) is 0 Å². The summed E-state index contributed by atoms with van der Waals surface area (Å²) >= 11 is 0. The minimum atomic E-state index is -0.165. The van der Waals surface area contributed by atoms with E-state index in [0.29, 0.717) is 18.8 Å². The van der Waals surface area contributed by atoms with E-state index in [4.69, 9.17) is 9.84 Å². The van der Waals surface area contributed by atoms with Crippen LogP contribution in [0.3, 0.4) is 0 Å². The monoisotopic (exact) mass is 480 g/mol. The average Bonchev–Trinajstić information content (AvgIpc) is 2.85. The molecule has 0 aromatic rings. The van der Waals surface area contributed by atoms with E-state index < -0.39 is 0 Å². The first-order chi connectivity index (χ1) is 16.7. The second kappa shape index (κ2) is 28.4. The van der Waals surface area contributed by atoms with E-state index in [2.05, 4.69) is 0 Å². The fourth-order valence-electron chi connectivity index (χ4n) is 4.50. The summed E-state index contributed by atoms with van der Waals surface area (Å²) in [6, 6.07) is 0. The summed E-state index contributed by atoms with van der Waals surface area (Å²) in [5.41, 5.74) is 0.704. The highest BCUT2D eigenvalue weighted by atomic mass is 16.5. The van der Waals surface area contributed by atoms with Crippen molar-refractivity contribution in [3.63, 3.8) is 0 Å². The molecule has 0 saturated heterocycles. The molecule has 0 aromatic carbocycles. The van der Waals surface area contributed by atoms with Gasteiger partial charge in [-0.15, -0.1) is 0 Å². The van der Waals surface area contributed by atoms with Crippen LogP contribution in [-0.4, -0.2) is 24.3 Å². The lowest BCUT2D eigenvalue weighted by atomic mass is 10.0. The quantitative estimate of drug-likeness (QED) is 0.0722. The van der Waals surface area contributed by atoms with Gasteiger partial charge in [-0.2, -0.15) is 0 Å². The van der Waals surface area contributed by atoms with Crippen molar-refractivity contribution < 1.29 is 14.6 Å². The molecule has 0 atom stereocenters. The molecule has 0 aliphatic heterocycles. The summed E-state index contributed by atoms with van der Waals surface area (Å²) in [5.74, 6) is -0.165. The van der Waals surface area contributed by atoms with Gasteiger partial charge < -0.3 is 9.84 Å². The standard InChI is InChI=1S/C31H60O3/c1-3-30(2)31(33)34-29-27-25-23-21-19-17-15-13-11-9-7-5-4-6-8-10-12-14-16-18-20-22-24-26-28-32/h3,32H,4-29H2,1-2H3. The molecule has 0 heterocycles. The zero-order valence-corrected chi connectivity index (χ0v) is 23.2. The molecular weight excluding hydrogens is 420 g/mol. The van der Waals surface area contributed by atoms with Gasteiger partial charge in [-0.3, -0.25) is 0 Å². The first-order valence-corrected chi connectivity index (χ1v) is 15.1. The van der Waals surface area contributed by atoms with Crippen molar-refractivity contribution in [2.75, 3.05) is 13.2 Å². The maximum atomic E-state index is 11.5. The Hall–Kier alpha value is -0.830. The second-order valence-corrected chi connectivity index (χ2v) is 10.3. The molecule has 202 valence electrons. The molecule has 3 nitrogen and oxygen atoms in total. The number of carbonyl (C=O) groups is 1. The highest BCUT2D eigenvalue weighted by Crippen LogP contribution is 2.15. The molecule has 0 amide bonds. The zero-order valence-electron chi connectivity index (χ0n) is 23.2. The molecular formula is C31H60O3. The summed E-state index contributed by atoms with van der Waals surface area (Å²) in [4.78, 5) is 11.5. The van der Waals surface area contributed by atoms with Gasteiger partial charge in [0.15, 0.2) is 0 Å².